The van der Waals surface area contributed by atoms with Crippen LogP contribution in [0.4, 0.5) is 0 Å². The number of methoxy groups -OCH3 is 1. The second-order valence-corrected chi connectivity index (χ2v) is 5.04. The summed E-state index contributed by atoms with van der Waals surface area (Å²) < 4.78 is 5.23. The maximum absolute atomic E-state index is 12.3. The van der Waals surface area contributed by atoms with Crippen LogP contribution < -0.4 is 0 Å². The summed E-state index contributed by atoms with van der Waals surface area (Å²) in [7, 11) is 1.33. The van der Waals surface area contributed by atoms with Crippen LogP contribution in [0.3, 0.4) is 0 Å². The van der Waals surface area contributed by atoms with E-state index in [2.05, 4.69) is 20.7 Å². The Labute approximate surface area is 125 Å². The number of esters is 1. The Balaban J connectivity index is 2.84. The van der Waals surface area contributed by atoms with E-state index in [0.717, 1.165) is 0 Å². The van der Waals surface area contributed by atoms with Crippen molar-refractivity contribution in [1.29, 1.82) is 0 Å². The molecule has 0 saturated heterocycles. The van der Waals surface area contributed by atoms with E-state index in [0.29, 0.717) is 28.1 Å². The van der Waals surface area contributed by atoms with Gasteiger partial charge >= 0.3 is 5.97 Å². The van der Waals surface area contributed by atoms with Gasteiger partial charge in [0.25, 0.3) is 5.91 Å². The Bertz CT molecular complexity index is 479. The molecule has 0 saturated carbocycles. The fourth-order valence-corrected chi connectivity index (χ4v) is 2.14. The van der Waals surface area contributed by atoms with E-state index in [1.807, 2.05) is 6.92 Å². The molecule has 0 heterocycles. The molecule has 1 rings (SSSR count). The third-order valence-electron chi connectivity index (χ3n) is 2.66. The first-order valence-electron chi connectivity index (χ1n) is 5.81. The van der Waals surface area contributed by atoms with Crippen molar-refractivity contribution in [2.75, 3.05) is 20.2 Å². The Hall–Kier alpha value is -1.07. The first-order valence-corrected chi connectivity index (χ1v) is 6.98. The van der Waals surface area contributed by atoms with Crippen molar-refractivity contribution in [2.45, 2.75) is 13.3 Å². The normalized spacial score (nSPS) is 10.1. The molecule has 0 N–H and O–H groups in total. The zero-order valence-corrected chi connectivity index (χ0v) is 13.1. The molecular formula is C13H15BrClNO3. The van der Waals surface area contributed by atoms with Crippen molar-refractivity contribution in [1.82, 2.24) is 4.90 Å². The van der Waals surface area contributed by atoms with E-state index >= 15 is 0 Å². The number of hydrogen-bond donors (Lipinski definition) is 0. The van der Waals surface area contributed by atoms with E-state index in [-0.39, 0.29) is 18.3 Å². The molecule has 0 aliphatic carbocycles. The summed E-state index contributed by atoms with van der Waals surface area (Å²) >= 11 is 9.38. The molecule has 1 aromatic carbocycles. The average Bonchev–Trinajstić information content (AvgIpc) is 2.41. The molecule has 1 aromatic rings. The minimum Gasteiger partial charge on any atom is -0.469 e. The number of amides is 1. The monoisotopic (exact) mass is 347 g/mol. The standard InChI is InChI=1S/C13H15BrClNO3/c1-3-16(8-7-11(17)19-2)13(18)9-5-4-6-10(14)12(9)15/h4-6H,3,7-8H2,1-2H3. The molecule has 0 radical (unpaired) electrons. The highest BCUT2D eigenvalue weighted by atomic mass is 79.9. The predicted molar refractivity (Wildman–Crippen MR) is 77.4 cm³/mol. The molecule has 0 spiro atoms. The Morgan fingerprint density at radius 1 is 1.42 bits per heavy atom. The van der Waals surface area contributed by atoms with Gasteiger partial charge in [0.15, 0.2) is 0 Å². The summed E-state index contributed by atoms with van der Waals surface area (Å²) in [5, 5.41) is 0.379. The van der Waals surface area contributed by atoms with E-state index in [1.165, 1.54) is 7.11 Å². The van der Waals surface area contributed by atoms with Gasteiger partial charge in [0.1, 0.15) is 0 Å². The molecule has 6 heteroatoms. The van der Waals surface area contributed by atoms with Crippen molar-refractivity contribution < 1.29 is 14.3 Å². The third-order valence-corrected chi connectivity index (χ3v) is 3.96. The van der Waals surface area contributed by atoms with Crippen molar-refractivity contribution in [2.24, 2.45) is 0 Å². The van der Waals surface area contributed by atoms with Crippen LogP contribution in [0, 0.1) is 0 Å². The van der Waals surface area contributed by atoms with Gasteiger partial charge in [-0.3, -0.25) is 9.59 Å². The van der Waals surface area contributed by atoms with Gasteiger partial charge in [0.05, 0.1) is 24.1 Å². The van der Waals surface area contributed by atoms with Crippen LogP contribution in [-0.4, -0.2) is 37.0 Å². The van der Waals surface area contributed by atoms with E-state index < -0.39 is 0 Å². The molecule has 0 aliphatic rings. The molecule has 0 aliphatic heterocycles. The van der Waals surface area contributed by atoms with Crippen molar-refractivity contribution in [3.8, 4) is 0 Å². The summed E-state index contributed by atoms with van der Waals surface area (Å²) in [5.74, 6) is -0.538. The van der Waals surface area contributed by atoms with Crippen LogP contribution in [0.2, 0.25) is 5.02 Å². The van der Waals surface area contributed by atoms with Crippen LogP contribution in [0.5, 0.6) is 0 Å². The van der Waals surface area contributed by atoms with E-state index in [9.17, 15) is 9.59 Å². The number of benzene rings is 1. The molecule has 0 aromatic heterocycles. The van der Waals surface area contributed by atoms with Gasteiger partial charge in [0, 0.05) is 17.6 Å². The minimum atomic E-state index is -0.341. The highest BCUT2D eigenvalue weighted by molar-refractivity contribution is 9.10. The summed E-state index contributed by atoms with van der Waals surface area (Å²) in [6.45, 7) is 2.66. The minimum absolute atomic E-state index is 0.168. The molecule has 19 heavy (non-hydrogen) atoms. The second-order valence-electron chi connectivity index (χ2n) is 3.81. The summed E-state index contributed by atoms with van der Waals surface area (Å²) in [6.07, 6.45) is 0.168. The van der Waals surface area contributed by atoms with Crippen LogP contribution >= 0.6 is 27.5 Å². The molecule has 4 nitrogen and oxygen atoms in total. The van der Waals surface area contributed by atoms with Crippen molar-refractivity contribution >= 4 is 39.4 Å². The van der Waals surface area contributed by atoms with Crippen LogP contribution in [0.25, 0.3) is 0 Å². The zero-order valence-electron chi connectivity index (χ0n) is 10.8. The highest BCUT2D eigenvalue weighted by Gasteiger charge is 2.19. The van der Waals surface area contributed by atoms with Crippen LogP contribution in [-0.2, 0) is 9.53 Å². The van der Waals surface area contributed by atoms with Gasteiger partial charge in [-0.25, -0.2) is 0 Å². The van der Waals surface area contributed by atoms with Gasteiger partial charge in [-0.2, -0.15) is 0 Å². The lowest BCUT2D eigenvalue weighted by Gasteiger charge is -2.21. The molecule has 0 bridgehead atoms. The lowest BCUT2D eigenvalue weighted by atomic mass is 10.2. The number of carbonyl (C=O) groups excluding carboxylic acids is 2. The molecule has 104 valence electrons. The second kappa shape index (κ2) is 7.50. The maximum atomic E-state index is 12.3. The van der Waals surface area contributed by atoms with Gasteiger partial charge in [-0.05, 0) is 35.0 Å². The first kappa shape index (κ1) is 16.0. The number of rotatable bonds is 5. The predicted octanol–water partition coefficient (Wildman–Crippen LogP) is 3.13. The third kappa shape index (κ3) is 4.21. The van der Waals surface area contributed by atoms with Crippen molar-refractivity contribution in [3.05, 3.63) is 33.3 Å². The quantitative estimate of drug-likeness (QED) is 0.768. The van der Waals surface area contributed by atoms with E-state index in [1.54, 1.807) is 23.1 Å². The summed E-state index contributed by atoms with van der Waals surface area (Å²) in [4.78, 5) is 25.0. The fraction of sp³-hybridized carbons (Fsp3) is 0.385. The summed E-state index contributed by atoms with van der Waals surface area (Å²) in [5.41, 5.74) is 0.419. The largest absolute Gasteiger partial charge is 0.469 e. The number of nitrogens with zero attached hydrogens (tertiary/aromatic N) is 1. The molecule has 0 unspecified atom stereocenters. The van der Waals surface area contributed by atoms with Gasteiger partial charge in [-0.15, -0.1) is 0 Å². The SMILES string of the molecule is CCN(CCC(=O)OC)C(=O)c1cccc(Br)c1Cl. The first-order chi connectivity index (χ1) is 9.01. The average molecular weight is 349 g/mol. The van der Waals surface area contributed by atoms with Crippen LogP contribution in [0.15, 0.2) is 22.7 Å². The molecule has 0 atom stereocenters. The smallest absolute Gasteiger partial charge is 0.307 e. The lowest BCUT2D eigenvalue weighted by molar-refractivity contribution is -0.140. The molecule has 1 amide bonds. The van der Waals surface area contributed by atoms with Crippen LogP contribution in [0.1, 0.15) is 23.7 Å². The number of hydrogen-bond acceptors (Lipinski definition) is 3. The number of carbonyl (C=O) groups is 2. The lowest BCUT2D eigenvalue weighted by Crippen LogP contribution is -2.33. The van der Waals surface area contributed by atoms with Gasteiger partial charge in [0.2, 0.25) is 0 Å². The van der Waals surface area contributed by atoms with Crippen molar-refractivity contribution in [3.63, 3.8) is 0 Å². The number of ether oxygens (including phenoxy) is 1. The topological polar surface area (TPSA) is 46.6 Å². The van der Waals surface area contributed by atoms with E-state index in [4.69, 9.17) is 11.6 Å². The number of halogens is 2. The maximum Gasteiger partial charge on any atom is 0.307 e. The Morgan fingerprint density at radius 3 is 2.68 bits per heavy atom. The Morgan fingerprint density at radius 2 is 2.11 bits per heavy atom. The molecular weight excluding hydrogens is 334 g/mol. The fourth-order valence-electron chi connectivity index (χ4n) is 1.57. The van der Waals surface area contributed by atoms with Gasteiger partial charge in [-0.1, -0.05) is 17.7 Å². The molecule has 0 fully saturated rings. The van der Waals surface area contributed by atoms with Gasteiger partial charge < -0.3 is 9.64 Å². The Kier molecular flexibility index (Phi) is 6.31. The summed E-state index contributed by atoms with van der Waals surface area (Å²) in [6, 6.07) is 5.18. The highest BCUT2D eigenvalue weighted by Crippen LogP contribution is 2.26. The zero-order chi connectivity index (χ0) is 14.4.